The van der Waals surface area contributed by atoms with Crippen molar-refractivity contribution in [3.63, 3.8) is 0 Å². The molecule has 0 radical (unpaired) electrons. The standard InChI is InChI=1S/C20H28N4O2S/c25-18(22-16-5-2-1-3-6-16)10-21-20(27)23-11-14-9-15(13-23)17-7-4-8-19(26)24(17)12-14/h4,7-8,14-16H,1-3,5-6,9-13H2,(H,21,27)(H,22,25). The molecular weight excluding hydrogens is 360 g/mol. The quantitative estimate of drug-likeness (QED) is 0.770. The zero-order valence-corrected chi connectivity index (χ0v) is 16.5. The maximum Gasteiger partial charge on any atom is 0.250 e. The highest BCUT2D eigenvalue weighted by Gasteiger charge is 2.35. The second-order valence-electron chi connectivity index (χ2n) is 8.16. The Morgan fingerprint density at radius 3 is 2.78 bits per heavy atom. The molecule has 2 bridgehead atoms. The number of carbonyl (C=O) groups excluding carboxylic acids is 1. The largest absolute Gasteiger partial charge is 0.354 e. The summed E-state index contributed by atoms with van der Waals surface area (Å²) in [5.74, 6) is 0.771. The van der Waals surface area contributed by atoms with Crippen LogP contribution in [0.4, 0.5) is 0 Å². The number of hydrogen-bond acceptors (Lipinski definition) is 3. The number of likely N-dealkylation sites (tertiary alicyclic amines) is 1. The molecule has 2 aliphatic heterocycles. The molecule has 1 saturated carbocycles. The Labute approximate surface area is 165 Å². The van der Waals surface area contributed by atoms with Gasteiger partial charge >= 0.3 is 0 Å². The molecule has 1 aliphatic carbocycles. The summed E-state index contributed by atoms with van der Waals surface area (Å²) in [5, 5.41) is 6.91. The van der Waals surface area contributed by atoms with Gasteiger partial charge in [-0.05, 0) is 43.5 Å². The van der Waals surface area contributed by atoms with E-state index in [0.717, 1.165) is 44.6 Å². The third-order valence-corrected chi connectivity index (χ3v) is 6.54. The van der Waals surface area contributed by atoms with Gasteiger partial charge in [-0.25, -0.2) is 0 Å². The van der Waals surface area contributed by atoms with Crippen LogP contribution in [0.3, 0.4) is 0 Å². The minimum Gasteiger partial charge on any atom is -0.354 e. The summed E-state index contributed by atoms with van der Waals surface area (Å²) in [6.07, 6.45) is 6.97. The highest BCUT2D eigenvalue weighted by Crippen LogP contribution is 2.34. The normalized spacial score (nSPS) is 24.8. The van der Waals surface area contributed by atoms with Crippen molar-refractivity contribution >= 4 is 23.2 Å². The minimum atomic E-state index is 0.0263. The summed E-state index contributed by atoms with van der Waals surface area (Å²) in [5.41, 5.74) is 1.21. The van der Waals surface area contributed by atoms with E-state index in [0.29, 0.717) is 23.0 Å². The molecule has 1 aromatic heterocycles. The van der Waals surface area contributed by atoms with Crippen LogP contribution >= 0.6 is 12.2 Å². The number of carbonyl (C=O) groups is 1. The van der Waals surface area contributed by atoms with Crippen LogP contribution in [0.2, 0.25) is 0 Å². The Hall–Kier alpha value is -1.89. The number of thiocarbonyl (C=S) groups is 1. The van der Waals surface area contributed by atoms with Gasteiger partial charge in [-0.2, -0.15) is 0 Å². The van der Waals surface area contributed by atoms with Crippen LogP contribution in [0.15, 0.2) is 23.0 Å². The lowest BCUT2D eigenvalue weighted by Gasteiger charge is -2.43. The average Bonchev–Trinajstić information content (AvgIpc) is 2.67. The van der Waals surface area contributed by atoms with Gasteiger partial charge in [0.2, 0.25) is 5.91 Å². The number of hydrogen-bond donors (Lipinski definition) is 2. The maximum absolute atomic E-state index is 12.2. The third-order valence-electron chi connectivity index (χ3n) is 6.14. The molecule has 4 rings (SSSR count). The minimum absolute atomic E-state index is 0.0263. The highest BCUT2D eigenvalue weighted by atomic mass is 32.1. The molecule has 2 atom stereocenters. The van der Waals surface area contributed by atoms with Gasteiger partial charge in [0.25, 0.3) is 5.56 Å². The number of aromatic nitrogens is 1. The number of nitrogens with one attached hydrogen (secondary N) is 2. The van der Waals surface area contributed by atoms with Gasteiger partial charge in [0, 0.05) is 43.4 Å². The van der Waals surface area contributed by atoms with Crippen molar-refractivity contribution in [3.8, 4) is 0 Å². The van der Waals surface area contributed by atoms with E-state index < -0.39 is 0 Å². The molecule has 0 spiro atoms. The van der Waals surface area contributed by atoms with Crippen LogP contribution in [0.1, 0.15) is 50.1 Å². The van der Waals surface area contributed by atoms with Crippen molar-refractivity contribution in [2.75, 3.05) is 19.6 Å². The van der Waals surface area contributed by atoms with Crippen molar-refractivity contribution in [2.24, 2.45) is 5.92 Å². The topological polar surface area (TPSA) is 66.4 Å². The van der Waals surface area contributed by atoms with Gasteiger partial charge in [0.1, 0.15) is 0 Å². The van der Waals surface area contributed by atoms with Crippen LogP contribution in [-0.4, -0.2) is 46.2 Å². The second-order valence-corrected chi connectivity index (χ2v) is 8.55. The summed E-state index contributed by atoms with van der Waals surface area (Å²) in [6.45, 7) is 2.63. The molecule has 27 heavy (non-hydrogen) atoms. The van der Waals surface area contributed by atoms with Gasteiger partial charge in [0.15, 0.2) is 5.11 Å². The van der Waals surface area contributed by atoms with Crippen molar-refractivity contribution in [1.82, 2.24) is 20.1 Å². The number of piperidine rings is 1. The zero-order chi connectivity index (χ0) is 18.8. The first-order valence-electron chi connectivity index (χ1n) is 10.1. The number of rotatable bonds is 3. The number of fused-ring (bicyclic) bond motifs is 4. The van der Waals surface area contributed by atoms with Crippen molar-refractivity contribution in [2.45, 2.75) is 57.0 Å². The molecule has 2 fully saturated rings. The molecule has 2 N–H and O–H groups in total. The van der Waals surface area contributed by atoms with Gasteiger partial charge in [-0.3, -0.25) is 9.59 Å². The van der Waals surface area contributed by atoms with Crippen LogP contribution in [-0.2, 0) is 11.3 Å². The fraction of sp³-hybridized carbons (Fsp3) is 0.650. The lowest BCUT2D eigenvalue weighted by atomic mass is 9.83. The molecule has 1 saturated heterocycles. The van der Waals surface area contributed by atoms with Gasteiger partial charge in [-0.15, -0.1) is 0 Å². The number of pyridine rings is 1. The molecule has 0 aromatic carbocycles. The van der Waals surface area contributed by atoms with E-state index in [1.165, 1.54) is 19.3 Å². The summed E-state index contributed by atoms with van der Waals surface area (Å²) >= 11 is 5.57. The van der Waals surface area contributed by atoms with Crippen LogP contribution in [0.25, 0.3) is 0 Å². The van der Waals surface area contributed by atoms with E-state index >= 15 is 0 Å². The molecule has 146 valence electrons. The molecule has 2 unspecified atom stereocenters. The molecule has 3 heterocycles. The van der Waals surface area contributed by atoms with Gasteiger partial charge in [-0.1, -0.05) is 25.3 Å². The summed E-state index contributed by atoms with van der Waals surface area (Å²) in [4.78, 5) is 26.5. The highest BCUT2D eigenvalue weighted by molar-refractivity contribution is 7.80. The lowest BCUT2D eigenvalue weighted by Crippen LogP contribution is -2.53. The molecule has 7 heteroatoms. The monoisotopic (exact) mass is 388 g/mol. The Morgan fingerprint density at radius 2 is 1.96 bits per heavy atom. The van der Waals surface area contributed by atoms with E-state index in [4.69, 9.17) is 12.2 Å². The fourth-order valence-corrected chi connectivity index (χ4v) is 5.08. The first-order valence-corrected chi connectivity index (χ1v) is 10.5. The van der Waals surface area contributed by atoms with Gasteiger partial charge < -0.3 is 20.1 Å². The summed E-state index contributed by atoms with van der Waals surface area (Å²) < 4.78 is 1.92. The van der Waals surface area contributed by atoms with E-state index in [1.807, 2.05) is 10.6 Å². The van der Waals surface area contributed by atoms with Crippen molar-refractivity contribution in [3.05, 3.63) is 34.2 Å². The number of nitrogens with zero attached hydrogens (tertiary/aromatic N) is 2. The van der Waals surface area contributed by atoms with Crippen molar-refractivity contribution in [1.29, 1.82) is 0 Å². The first kappa shape index (κ1) is 18.5. The van der Waals surface area contributed by atoms with E-state index in [2.05, 4.69) is 21.6 Å². The van der Waals surface area contributed by atoms with E-state index in [9.17, 15) is 9.59 Å². The SMILES string of the molecule is O=C(CNC(=S)N1CC2CC(C1)c1cccc(=O)n1C2)NC1CCCCC1. The van der Waals surface area contributed by atoms with E-state index in [1.54, 1.807) is 6.07 Å². The smallest absolute Gasteiger partial charge is 0.250 e. The first-order chi connectivity index (χ1) is 13.1. The number of amides is 1. The second kappa shape index (κ2) is 8.00. The zero-order valence-electron chi connectivity index (χ0n) is 15.7. The molecular formula is C20H28N4O2S. The molecule has 1 aromatic rings. The molecule has 1 amide bonds. The fourth-order valence-electron chi connectivity index (χ4n) is 4.86. The third kappa shape index (κ3) is 4.18. The van der Waals surface area contributed by atoms with Crippen LogP contribution in [0, 0.1) is 5.92 Å². The lowest BCUT2D eigenvalue weighted by molar-refractivity contribution is -0.120. The summed E-state index contributed by atoms with van der Waals surface area (Å²) in [7, 11) is 0. The van der Waals surface area contributed by atoms with E-state index in [-0.39, 0.29) is 18.0 Å². The Bertz CT molecular complexity index is 771. The predicted molar refractivity (Wildman–Crippen MR) is 109 cm³/mol. The van der Waals surface area contributed by atoms with Gasteiger partial charge in [0.05, 0.1) is 6.54 Å². The van der Waals surface area contributed by atoms with Crippen molar-refractivity contribution < 1.29 is 4.79 Å². The molecule has 6 nitrogen and oxygen atoms in total. The Balaban J connectivity index is 1.31. The average molecular weight is 389 g/mol. The predicted octanol–water partition coefficient (Wildman–Crippen LogP) is 1.59. The summed E-state index contributed by atoms with van der Waals surface area (Å²) in [6, 6.07) is 5.87. The Morgan fingerprint density at radius 1 is 1.15 bits per heavy atom. The van der Waals surface area contributed by atoms with Crippen LogP contribution in [0.5, 0.6) is 0 Å². The molecule has 3 aliphatic rings. The Kier molecular flexibility index (Phi) is 5.48. The maximum atomic E-state index is 12.2. The van der Waals surface area contributed by atoms with Crippen LogP contribution < -0.4 is 16.2 Å².